The van der Waals surface area contributed by atoms with Crippen LogP contribution in [-0.2, 0) is 25.8 Å². The van der Waals surface area contributed by atoms with Gasteiger partial charge in [-0.05, 0) is 49.4 Å². The van der Waals surface area contributed by atoms with Crippen molar-refractivity contribution in [2.75, 3.05) is 20.6 Å². The Hall–Kier alpha value is -3.38. The SMILES string of the molecule is CN(C)C(=O)c1nn(Cc2ccccc2)c2c1CC(NCCc1c[nH]c3ccccc13)CC2. The Morgan fingerprint density at radius 2 is 1.94 bits per heavy atom. The molecule has 0 fully saturated rings. The Labute approximate surface area is 194 Å². The molecule has 0 saturated carbocycles. The monoisotopic (exact) mass is 441 g/mol. The third kappa shape index (κ3) is 4.44. The summed E-state index contributed by atoms with van der Waals surface area (Å²) in [4.78, 5) is 17.9. The van der Waals surface area contributed by atoms with Crippen LogP contribution in [0.15, 0.2) is 60.8 Å². The summed E-state index contributed by atoms with van der Waals surface area (Å²) in [5, 5.41) is 9.83. The number of carbonyl (C=O) groups is 1. The maximum absolute atomic E-state index is 12.9. The smallest absolute Gasteiger partial charge is 0.274 e. The maximum Gasteiger partial charge on any atom is 0.274 e. The number of fused-ring (bicyclic) bond motifs is 2. The lowest BCUT2D eigenvalue weighted by molar-refractivity contribution is 0.0820. The largest absolute Gasteiger partial charge is 0.361 e. The van der Waals surface area contributed by atoms with Gasteiger partial charge in [-0.3, -0.25) is 9.48 Å². The number of hydrogen-bond donors (Lipinski definition) is 2. The standard InChI is InChI=1S/C27H31N5O/c1-31(2)27(33)26-23-16-21(28-15-14-20-17-29-24-11-7-6-10-22(20)24)12-13-25(23)32(30-26)18-19-8-4-3-5-9-19/h3-11,17,21,28-29H,12-16,18H2,1-2H3. The van der Waals surface area contributed by atoms with Crippen LogP contribution < -0.4 is 5.32 Å². The average Bonchev–Trinajstić information content (AvgIpc) is 3.41. The van der Waals surface area contributed by atoms with E-state index in [4.69, 9.17) is 5.10 Å². The van der Waals surface area contributed by atoms with E-state index in [1.54, 1.807) is 19.0 Å². The van der Waals surface area contributed by atoms with Gasteiger partial charge in [0.25, 0.3) is 5.91 Å². The molecule has 1 atom stereocenters. The van der Waals surface area contributed by atoms with Crippen molar-refractivity contribution in [1.29, 1.82) is 0 Å². The van der Waals surface area contributed by atoms with E-state index in [1.165, 1.54) is 27.7 Å². The van der Waals surface area contributed by atoms with Gasteiger partial charge >= 0.3 is 0 Å². The molecule has 4 aromatic rings. The zero-order valence-electron chi connectivity index (χ0n) is 19.3. The first kappa shape index (κ1) is 21.5. The Morgan fingerprint density at radius 1 is 1.15 bits per heavy atom. The van der Waals surface area contributed by atoms with Crippen LogP contribution in [0.1, 0.15) is 39.3 Å². The highest BCUT2D eigenvalue weighted by Crippen LogP contribution is 2.27. The lowest BCUT2D eigenvalue weighted by Crippen LogP contribution is -2.36. The minimum atomic E-state index is -0.0162. The van der Waals surface area contributed by atoms with Crippen LogP contribution in [0.2, 0.25) is 0 Å². The van der Waals surface area contributed by atoms with E-state index in [2.05, 4.69) is 52.9 Å². The van der Waals surface area contributed by atoms with Crippen LogP contribution in [0.25, 0.3) is 10.9 Å². The van der Waals surface area contributed by atoms with Crippen molar-refractivity contribution in [3.8, 4) is 0 Å². The molecule has 1 aliphatic rings. The van der Waals surface area contributed by atoms with Crippen LogP contribution in [0.4, 0.5) is 0 Å². The summed E-state index contributed by atoms with van der Waals surface area (Å²) in [5.74, 6) is -0.0162. The molecule has 0 saturated heterocycles. The van der Waals surface area contributed by atoms with Crippen LogP contribution in [0, 0.1) is 0 Å². The van der Waals surface area contributed by atoms with Crippen LogP contribution in [0.3, 0.4) is 0 Å². The fourth-order valence-corrected chi connectivity index (χ4v) is 4.88. The lowest BCUT2D eigenvalue weighted by Gasteiger charge is -2.25. The molecule has 5 rings (SSSR count). The van der Waals surface area contributed by atoms with Gasteiger partial charge < -0.3 is 15.2 Å². The van der Waals surface area contributed by atoms with Crippen molar-refractivity contribution in [3.63, 3.8) is 0 Å². The van der Waals surface area contributed by atoms with E-state index in [9.17, 15) is 4.79 Å². The molecule has 0 bridgehead atoms. The van der Waals surface area contributed by atoms with Gasteiger partial charge in [0.05, 0.1) is 6.54 Å². The molecule has 0 aliphatic heterocycles. The van der Waals surface area contributed by atoms with Crippen LogP contribution >= 0.6 is 0 Å². The molecule has 0 spiro atoms. The number of hydrogen-bond acceptors (Lipinski definition) is 3. The molecule has 1 amide bonds. The van der Waals surface area contributed by atoms with Crippen molar-refractivity contribution in [3.05, 3.63) is 88.9 Å². The number of aromatic amines is 1. The summed E-state index contributed by atoms with van der Waals surface area (Å²) in [7, 11) is 3.59. The fraction of sp³-hybridized carbons (Fsp3) is 0.333. The molecule has 6 heteroatoms. The highest BCUT2D eigenvalue weighted by Gasteiger charge is 2.29. The van der Waals surface area contributed by atoms with Crippen molar-refractivity contribution < 1.29 is 4.79 Å². The molecule has 2 N–H and O–H groups in total. The number of nitrogens with zero attached hydrogens (tertiary/aromatic N) is 3. The van der Waals surface area contributed by atoms with Crippen molar-refractivity contribution in [2.45, 2.75) is 38.3 Å². The number of carbonyl (C=O) groups excluding carboxylic acids is 1. The van der Waals surface area contributed by atoms with E-state index >= 15 is 0 Å². The molecule has 6 nitrogen and oxygen atoms in total. The van der Waals surface area contributed by atoms with Gasteiger partial charge in [-0.15, -0.1) is 0 Å². The maximum atomic E-state index is 12.9. The van der Waals surface area contributed by atoms with Crippen molar-refractivity contribution >= 4 is 16.8 Å². The topological polar surface area (TPSA) is 66.0 Å². The quantitative estimate of drug-likeness (QED) is 0.458. The van der Waals surface area contributed by atoms with Gasteiger partial charge in [-0.25, -0.2) is 0 Å². The van der Waals surface area contributed by atoms with E-state index < -0.39 is 0 Å². The molecule has 2 aromatic carbocycles. The Balaban J connectivity index is 1.31. The van der Waals surface area contributed by atoms with Crippen molar-refractivity contribution in [2.24, 2.45) is 0 Å². The molecular weight excluding hydrogens is 410 g/mol. The summed E-state index contributed by atoms with van der Waals surface area (Å²) >= 11 is 0. The molecule has 2 aromatic heterocycles. The molecule has 1 aliphatic carbocycles. The minimum absolute atomic E-state index is 0.0162. The molecule has 0 radical (unpaired) electrons. The van der Waals surface area contributed by atoms with Gasteiger partial charge in [0.1, 0.15) is 0 Å². The first-order chi connectivity index (χ1) is 16.1. The highest BCUT2D eigenvalue weighted by atomic mass is 16.2. The molecule has 1 unspecified atom stereocenters. The number of benzene rings is 2. The summed E-state index contributed by atoms with van der Waals surface area (Å²) in [6.07, 6.45) is 5.92. The summed E-state index contributed by atoms with van der Waals surface area (Å²) in [6, 6.07) is 19.1. The van der Waals surface area contributed by atoms with E-state index in [-0.39, 0.29) is 5.91 Å². The van der Waals surface area contributed by atoms with Crippen LogP contribution in [0.5, 0.6) is 0 Å². The fourth-order valence-electron chi connectivity index (χ4n) is 4.88. The number of para-hydroxylation sites is 1. The van der Waals surface area contributed by atoms with Gasteiger partial charge in [0, 0.05) is 48.5 Å². The van der Waals surface area contributed by atoms with Crippen LogP contribution in [-0.4, -0.2) is 52.3 Å². The second-order valence-electron chi connectivity index (χ2n) is 9.12. The first-order valence-electron chi connectivity index (χ1n) is 11.7. The number of H-pyrrole nitrogens is 1. The number of rotatable bonds is 7. The summed E-state index contributed by atoms with van der Waals surface area (Å²) in [6.45, 7) is 1.61. The van der Waals surface area contributed by atoms with E-state index in [1.807, 2.05) is 22.9 Å². The highest BCUT2D eigenvalue weighted by molar-refractivity contribution is 5.93. The lowest BCUT2D eigenvalue weighted by atomic mass is 9.91. The van der Waals surface area contributed by atoms with Gasteiger partial charge in [0.15, 0.2) is 5.69 Å². The number of nitrogens with one attached hydrogen (secondary N) is 2. The van der Waals surface area contributed by atoms with E-state index in [0.29, 0.717) is 18.3 Å². The molecular formula is C27H31N5O. The Kier molecular flexibility index (Phi) is 6.01. The van der Waals surface area contributed by atoms with Gasteiger partial charge in [0.2, 0.25) is 0 Å². The first-order valence-corrected chi connectivity index (χ1v) is 11.7. The molecule has 33 heavy (non-hydrogen) atoms. The van der Waals surface area contributed by atoms with E-state index in [0.717, 1.165) is 37.8 Å². The zero-order chi connectivity index (χ0) is 22.8. The predicted octanol–water partition coefficient (Wildman–Crippen LogP) is 3.80. The zero-order valence-corrected chi connectivity index (χ0v) is 19.3. The third-order valence-corrected chi connectivity index (χ3v) is 6.63. The number of amides is 1. The third-order valence-electron chi connectivity index (χ3n) is 6.63. The van der Waals surface area contributed by atoms with Gasteiger partial charge in [-0.1, -0.05) is 48.5 Å². The van der Waals surface area contributed by atoms with Crippen molar-refractivity contribution in [1.82, 2.24) is 25.0 Å². The van der Waals surface area contributed by atoms with Gasteiger partial charge in [-0.2, -0.15) is 5.10 Å². The normalized spacial score (nSPS) is 15.5. The predicted molar refractivity (Wildman–Crippen MR) is 132 cm³/mol. The summed E-state index contributed by atoms with van der Waals surface area (Å²) in [5.41, 5.74) is 6.65. The summed E-state index contributed by atoms with van der Waals surface area (Å²) < 4.78 is 2.05. The molecule has 2 heterocycles. The Bertz CT molecular complexity index is 1250. The minimum Gasteiger partial charge on any atom is -0.361 e. The second kappa shape index (κ2) is 9.24. The average molecular weight is 442 g/mol. The molecule has 170 valence electrons. The second-order valence-corrected chi connectivity index (χ2v) is 9.12. The Morgan fingerprint density at radius 3 is 2.76 bits per heavy atom. The number of aromatic nitrogens is 3.